The third-order valence-corrected chi connectivity index (χ3v) is 2.92. The van der Waals surface area contributed by atoms with Crippen LogP contribution in [0.15, 0.2) is 42.6 Å². The van der Waals surface area contributed by atoms with Crippen LogP contribution in [0.5, 0.6) is 0 Å². The highest BCUT2D eigenvalue weighted by Gasteiger charge is 2.10. The van der Waals surface area contributed by atoms with E-state index in [1.165, 1.54) is 5.56 Å². The molecule has 0 fully saturated rings. The van der Waals surface area contributed by atoms with E-state index in [1.54, 1.807) is 18.3 Å². The number of nitrogens with zero attached hydrogens (tertiary/aromatic N) is 1. The Hall–Kier alpha value is -2.36. The van der Waals surface area contributed by atoms with Crippen molar-refractivity contribution in [2.75, 3.05) is 11.1 Å². The van der Waals surface area contributed by atoms with E-state index in [9.17, 15) is 4.79 Å². The number of benzene rings is 1. The summed E-state index contributed by atoms with van der Waals surface area (Å²) in [6, 6.07) is 11.1. The van der Waals surface area contributed by atoms with Gasteiger partial charge in [0.1, 0.15) is 5.82 Å². The number of carbonyl (C=O) groups excluding carboxylic acids is 1. The number of aromatic nitrogens is 1. The molecule has 1 amide bonds. The van der Waals surface area contributed by atoms with Crippen LogP contribution in [0.1, 0.15) is 35.7 Å². The summed E-state index contributed by atoms with van der Waals surface area (Å²) in [5.41, 5.74) is 8.03. The van der Waals surface area contributed by atoms with E-state index in [4.69, 9.17) is 5.73 Å². The summed E-state index contributed by atoms with van der Waals surface area (Å²) in [5.74, 6) is 0.459. The summed E-state index contributed by atoms with van der Waals surface area (Å²) in [7, 11) is 0. The smallest absolute Gasteiger partial charge is 0.259 e. The fourth-order valence-corrected chi connectivity index (χ4v) is 1.76. The highest BCUT2D eigenvalue weighted by molar-refractivity contribution is 6.07. The molecule has 4 heteroatoms. The van der Waals surface area contributed by atoms with Crippen molar-refractivity contribution >= 4 is 17.4 Å². The average Bonchev–Trinajstić information content (AvgIpc) is 2.39. The van der Waals surface area contributed by atoms with Crippen LogP contribution in [0.3, 0.4) is 0 Å². The lowest BCUT2D eigenvalue weighted by molar-refractivity contribution is 0.102. The minimum Gasteiger partial charge on any atom is -0.383 e. The van der Waals surface area contributed by atoms with Crippen molar-refractivity contribution in [1.82, 2.24) is 4.98 Å². The van der Waals surface area contributed by atoms with Crippen molar-refractivity contribution in [2.24, 2.45) is 0 Å². The Bertz CT molecular complexity index is 576. The molecule has 0 atom stereocenters. The molecule has 4 nitrogen and oxygen atoms in total. The fraction of sp³-hybridized carbons (Fsp3) is 0.200. The Morgan fingerprint density at radius 2 is 1.89 bits per heavy atom. The average molecular weight is 255 g/mol. The summed E-state index contributed by atoms with van der Waals surface area (Å²) in [4.78, 5) is 15.9. The van der Waals surface area contributed by atoms with E-state index in [-0.39, 0.29) is 11.7 Å². The van der Waals surface area contributed by atoms with Crippen LogP contribution < -0.4 is 11.1 Å². The highest BCUT2D eigenvalue weighted by atomic mass is 16.1. The maximum Gasteiger partial charge on any atom is 0.259 e. The van der Waals surface area contributed by atoms with E-state index in [0.29, 0.717) is 11.5 Å². The standard InChI is InChI=1S/C15H17N3O/c1-10(2)11-5-7-12(8-6-11)18-15(19)13-4-3-9-17-14(13)16/h3-10H,1-2H3,(H2,16,17)(H,18,19). The molecule has 2 rings (SSSR count). The van der Waals surface area contributed by atoms with Crippen LogP contribution in [0, 0.1) is 0 Å². The van der Waals surface area contributed by atoms with Crippen molar-refractivity contribution in [3.63, 3.8) is 0 Å². The van der Waals surface area contributed by atoms with Gasteiger partial charge >= 0.3 is 0 Å². The second-order valence-electron chi connectivity index (χ2n) is 4.67. The zero-order valence-electron chi connectivity index (χ0n) is 11.1. The maximum atomic E-state index is 12.0. The number of nitrogens with two attached hydrogens (primary N) is 1. The van der Waals surface area contributed by atoms with Gasteiger partial charge in [0, 0.05) is 11.9 Å². The lowest BCUT2D eigenvalue weighted by Gasteiger charge is -2.09. The van der Waals surface area contributed by atoms with Gasteiger partial charge in [-0.15, -0.1) is 0 Å². The Morgan fingerprint density at radius 1 is 1.21 bits per heavy atom. The van der Waals surface area contributed by atoms with Gasteiger partial charge in [-0.25, -0.2) is 4.98 Å². The monoisotopic (exact) mass is 255 g/mol. The Kier molecular flexibility index (Phi) is 3.80. The van der Waals surface area contributed by atoms with E-state index < -0.39 is 0 Å². The number of rotatable bonds is 3. The molecule has 0 saturated carbocycles. The summed E-state index contributed by atoms with van der Waals surface area (Å²) in [5, 5.41) is 2.81. The molecule has 0 spiro atoms. The predicted octanol–water partition coefficient (Wildman–Crippen LogP) is 3.04. The summed E-state index contributed by atoms with van der Waals surface area (Å²) >= 11 is 0. The minimum atomic E-state index is -0.247. The number of anilines is 2. The molecule has 1 aromatic heterocycles. The molecule has 0 aliphatic rings. The first kappa shape index (κ1) is 13.1. The van der Waals surface area contributed by atoms with Crippen LogP contribution in [0.2, 0.25) is 0 Å². The van der Waals surface area contributed by atoms with Crippen LogP contribution in [0.4, 0.5) is 11.5 Å². The zero-order valence-corrected chi connectivity index (χ0v) is 11.1. The first-order valence-electron chi connectivity index (χ1n) is 6.19. The molecule has 0 aliphatic carbocycles. The van der Waals surface area contributed by atoms with E-state index in [1.807, 2.05) is 24.3 Å². The van der Waals surface area contributed by atoms with Crippen LogP contribution in [-0.2, 0) is 0 Å². The topological polar surface area (TPSA) is 68.0 Å². The van der Waals surface area contributed by atoms with Crippen LogP contribution >= 0.6 is 0 Å². The molecule has 1 heterocycles. The second-order valence-corrected chi connectivity index (χ2v) is 4.67. The molecule has 0 aliphatic heterocycles. The number of amides is 1. The lowest BCUT2D eigenvalue weighted by atomic mass is 10.0. The van der Waals surface area contributed by atoms with Crippen molar-refractivity contribution in [2.45, 2.75) is 19.8 Å². The van der Waals surface area contributed by atoms with Crippen LogP contribution in [0.25, 0.3) is 0 Å². The molecular formula is C15H17N3O. The predicted molar refractivity (Wildman–Crippen MR) is 77.1 cm³/mol. The Morgan fingerprint density at radius 3 is 2.47 bits per heavy atom. The molecule has 0 unspecified atom stereocenters. The van der Waals surface area contributed by atoms with Gasteiger partial charge in [-0.1, -0.05) is 26.0 Å². The van der Waals surface area contributed by atoms with Gasteiger partial charge in [0.2, 0.25) is 0 Å². The first-order chi connectivity index (χ1) is 9.08. The summed E-state index contributed by atoms with van der Waals surface area (Å²) < 4.78 is 0. The minimum absolute atomic E-state index is 0.235. The van der Waals surface area contributed by atoms with Gasteiger partial charge in [0.15, 0.2) is 0 Å². The molecule has 1 aromatic carbocycles. The molecule has 0 radical (unpaired) electrons. The number of nitrogen functional groups attached to an aromatic ring is 1. The van der Waals surface area contributed by atoms with Gasteiger partial charge in [-0.2, -0.15) is 0 Å². The second kappa shape index (κ2) is 5.52. The first-order valence-corrected chi connectivity index (χ1v) is 6.19. The third-order valence-electron chi connectivity index (χ3n) is 2.92. The maximum absolute atomic E-state index is 12.0. The number of hydrogen-bond acceptors (Lipinski definition) is 3. The number of hydrogen-bond donors (Lipinski definition) is 2. The molecule has 98 valence electrons. The Labute approximate surface area is 112 Å². The summed E-state index contributed by atoms with van der Waals surface area (Å²) in [6.45, 7) is 4.26. The van der Waals surface area contributed by atoms with Gasteiger partial charge in [0.25, 0.3) is 5.91 Å². The highest BCUT2D eigenvalue weighted by Crippen LogP contribution is 2.18. The lowest BCUT2D eigenvalue weighted by Crippen LogP contribution is -2.14. The van der Waals surface area contributed by atoms with Crippen molar-refractivity contribution in [1.29, 1.82) is 0 Å². The molecule has 19 heavy (non-hydrogen) atoms. The van der Waals surface area contributed by atoms with Crippen molar-refractivity contribution in [3.05, 3.63) is 53.7 Å². The molecule has 2 aromatic rings. The van der Waals surface area contributed by atoms with E-state index in [0.717, 1.165) is 5.69 Å². The van der Waals surface area contributed by atoms with E-state index >= 15 is 0 Å². The van der Waals surface area contributed by atoms with Crippen LogP contribution in [-0.4, -0.2) is 10.9 Å². The third kappa shape index (κ3) is 3.10. The molecule has 3 N–H and O–H groups in total. The fourth-order valence-electron chi connectivity index (χ4n) is 1.76. The summed E-state index contributed by atoms with van der Waals surface area (Å²) in [6.07, 6.45) is 1.56. The van der Waals surface area contributed by atoms with Gasteiger partial charge in [0.05, 0.1) is 5.56 Å². The quantitative estimate of drug-likeness (QED) is 0.885. The largest absolute Gasteiger partial charge is 0.383 e. The van der Waals surface area contributed by atoms with Gasteiger partial charge in [-0.05, 0) is 35.7 Å². The number of nitrogens with one attached hydrogen (secondary N) is 1. The molecular weight excluding hydrogens is 238 g/mol. The van der Waals surface area contributed by atoms with Crippen molar-refractivity contribution in [3.8, 4) is 0 Å². The normalized spacial score (nSPS) is 10.5. The Balaban J connectivity index is 2.13. The number of pyridine rings is 1. The molecule has 0 bridgehead atoms. The molecule has 0 saturated heterocycles. The van der Waals surface area contributed by atoms with Crippen molar-refractivity contribution < 1.29 is 4.79 Å². The zero-order chi connectivity index (χ0) is 13.8. The SMILES string of the molecule is CC(C)c1ccc(NC(=O)c2cccnc2N)cc1. The van der Waals surface area contributed by atoms with E-state index in [2.05, 4.69) is 24.1 Å². The van der Waals surface area contributed by atoms with Gasteiger partial charge < -0.3 is 11.1 Å². The van der Waals surface area contributed by atoms with Gasteiger partial charge in [-0.3, -0.25) is 4.79 Å². The number of carbonyl (C=O) groups is 1.